The molecule has 0 N–H and O–H groups in total. The van der Waals surface area contributed by atoms with Gasteiger partial charge in [0.15, 0.2) is 0 Å². The van der Waals surface area contributed by atoms with Gasteiger partial charge >= 0.3 is 0 Å². The van der Waals surface area contributed by atoms with E-state index in [9.17, 15) is 8.42 Å². The molecule has 0 aliphatic carbocycles. The number of halogens is 1. The summed E-state index contributed by atoms with van der Waals surface area (Å²) < 4.78 is 26.4. The van der Waals surface area contributed by atoms with Crippen molar-refractivity contribution in [1.29, 1.82) is 5.26 Å². The van der Waals surface area contributed by atoms with Gasteiger partial charge in [-0.1, -0.05) is 17.7 Å². The van der Waals surface area contributed by atoms with E-state index >= 15 is 0 Å². The van der Waals surface area contributed by atoms with E-state index in [0.717, 1.165) is 0 Å². The van der Waals surface area contributed by atoms with Gasteiger partial charge in [0.25, 0.3) is 0 Å². The number of benzene rings is 1. The first kappa shape index (κ1) is 15.3. The Morgan fingerprint density at radius 3 is 2.50 bits per heavy atom. The minimum absolute atomic E-state index is 0.189. The number of sulfonamides is 1. The highest BCUT2D eigenvalue weighted by atomic mass is 35.5. The largest absolute Gasteiger partial charge is 0.286 e. The van der Waals surface area contributed by atoms with Gasteiger partial charge in [-0.05, 0) is 25.1 Å². The highest BCUT2D eigenvalue weighted by molar-refractivity contribution is 7.89. The lowest BCUT2D eigenvalue weighted by atomic mass is 10.2. The predicted octanol–water partition coefficient (Wildman–Crippen LogP) is 1.56. The molecule has 1 atom stereocenters. The SMILES string of the molecule is CC(C#N)N1CCN(S(=O)(=O)c2cccc(Cl)c2)CC1. The van der Waals surface area contributed by atoms with Crippen LogP contribution in [0.3, 0.4) is 0 Å². The fraction of sp³-hybridized carbons (Fsp3) is 0.462. The smallest absolute Gasteiger partial charge is 0.243 e. The second-order valence-corrected chi connectivity index (χ2v) is 7.08. The van der Waals surface area contributed by atoms with E-state index in [2.05, 4.69) is 6.07 Å². The average molecular weight is 314 g/mol. The van der Waals surface area contributed by atoms with Crippen LogP contribution in [0.25, 0.3) is 0 Å². The Bertz CT molecular complexity index is 619. The average Bonchev–Trinajstić information content (AvgIpc) is 2.46. The Kier molecular flexibility index (Phi) is 4.66. The summed E-state index contributed by atoms with van der Waals surface area (Å²) in [5.41, 5.74) is 0. The summed E-state index contributed by atoms with van der Waals surface area (Å²) in [4.78, 5) is 2.19. The summed E-state index contributed by atoms with van der Waals surface area (Å²) in [6, 6.07) is 8.26. The van der Waals surface area contributed by atoms with Crippen molar-refractivity contribution in [3.05, 3.63) is 29.3 Å². The maximum absolute atomic E-state index is 12.5. The molecule has 0 aromatic heterocycles. The van der Waals surface area contributed by atoms with E-state index in [1.807, 2.05) is 11.8 Å². The highest BCUT2D eigenvalue weighted by Gasteiger charge is 2.29. The quantitative estimate of drug-likeness (QED) is 0.849. The second-order valence-electron chi connectivity index (χ2n) is 4.70. The maximum atomic E-state index is 12.5. The number of hydrogen-bond donors (Lipinski definition) is 0. The van der Waals surface area contributed by atoms with E-state index in [4.69, 9.17) is 16.9 Å². The van der Waals surface area contributed by atoms with Crippen LogP contribution in [-0.4, -0.2) is 49.8 Å². The van der Waals surface area contributed by atoms with Gasteiger partial charge in [-0.2, -0.15) is 9.57 Å². The molecule has 0 spiro atoms. The number of rotatable bonds is 3. The summed E-state index contributed by atoms with van der Waals surface area (Å²) in [6.45, 7) is 3.73. The van der Waals surface area contributed by atoms with Crippen molar-refractivity contribution >= 4 is 21.6 Å². The molecule has 1 aromatic carbocycles. The lowest BCUT2D eigenvalue weighted by Gasteiger charge is -2.35. The fourth-order valence-electron chi connectivity index (χ4n) is 2.19. The molecule has 108 valence electrons. The maximum Gasteiger partial charge on any atom is 0.243 e. The zero-order valence-electron chi connectivity index (χ0n) is 11.2. The van der Waals surface area contributed by atoms with Gasteiger partial charge < -0.3 is 0 Å². The van der Waals surface area contributed by atoms with Crippen molar-refractivity contribution in [3.8, 4) is 6.07 Å². The van der Waals surface area contributed by atoms with Crippen LogP contribution in [0.1, 0.15) is 6.92 Å². The highest BCUT2D eigenvalue weighted by Crippen LogP contribution is 2.21. The fourth-order valence-corrected chi connectivity index (χ4v) is 3.91. The van der Waals surface area contributed by atoms with Gasteiger partial charge in [0, 0.05) is 31.2 Å². The Balaban J connectivity index is 2.12. The van der Waals surface area contributed by atoms with Gasteiger partial charge in [0.05, 0.1) is 17.0 Å². The molecule has 0 amide bonds. The van der Waals surface area contributed by atoms with Gasteiger partial charge in [-0.15, -0.1) is 0 Å². The summed E-state index contributed by atoms with van der Waals surface area (Å²) in [6.07, 6.45) is 0. The molecule has 1 saturated heterocycles. The molecule has 0 bridgehead atoms. The molecule has 1 fully saturated rings. The van der Waals surface area contributed by atoms with E-state index in [0.29, 0.717) is 31.2 Å². The first-order chi connectivity index (χ1) is 9.45. The molecule has 1 aliphatic rings. The van der Waals surface area contributed by atoms with Gasteiger partial charge in [0.1, 0.15) is 0 Å². The predicted molar refractivity (Wildman–Crippen MR) is 76.9 cm³/mol. The molecule has 2 rings (SSSR count). The zero-order chi connectivity index (χ0) is 14.8. The number of piperazine rings is 1. The minimum Gasteiger partial charge on any atom is -0.286 e. The number of hydrogen-bond acceptors (Lipinski definition) is 4. The zero-order valence-corrected chi connectivity index (χ0v) is 12.7. The van der Waals surface area contributed by atoms with Crippen LogP contribution >= 0.6 is 11.6 Å². The minimum atomic E-state index is -3.50. The van der Waals surface area contributed by atoms with Gasteiger partial charge in [-0.3, -0.25) is 4.90 Å². The molecule has 1 aliphatic heterocycles. The Hall–Kier alpha value is -1.13. The van der Waals surface area contributed by atoms with E-state index in [1.165, 1.54) is 10.4 Å². The lowest BCUT2D eigenvalue weighted by molar-refractivity contribution is 0.169. The molecule has 0 saturated carbocycles. The lowest BCUT2D eigenvalue weighted by Crippen LogP contribution is -2.50. The van der Waals surface area contributed by atoms with Gasteiger partial charge in [0.2, 0.25) is 10.0 Å². The molecule has 7 heteroatoms. The molecule has 1 unspecified atom stereocenters. The monoisotopic (exact) mass is 313 g/mol. The van der Waals surface area contributed by atoms with Gasteiger partial charge in [-0.25, -0.2) is 8.42 Å². The Morgan fingerprint density at radius 2 is 1.95 bits per heavy atom. The Labute approximate surface area is 124 Å². The van der Waals surface area contributed by atoms with Crippen LogP contribution in [-0.2, 0) is 10.0 Å². The first-order valence-electron chi connectivity index (χ1n) is 6.34. The molecular weight excluding hydrogens is 298 g/mol. The van der Waals surface area contributed by atoms with Crippen molar-refractivity contribution in [2.75, 3.05) is 26.2 Å². The third kappa shape index (κ3) is 3.13. The van der Waals surface area contributed by atoms with E-state index in [1.54, 1.807) is 18.2 Å². The van der Waals surface area contributed by atoms with Crippen LogP contribution in [0.5, 0.6) is 0 Å². The first-order valence-corrected chi connectivity index (χ1v) is 8.16. The van der Waals surface area contributed by atoms with Crippen LogP contribution < -0.4 is 0 Å². The number of nitriles is 1. The third-order valence-electron chi connectivity index (χ3n) is 3.44. The normalized spacial score (nSPS) is 19.4. The van der Waals surface area contributed by atoms with E-state index < -0.39 is 10.0 Å². The van der Waals surface area contributed by atoms with Crippen molar-refractivity contribution in [1.82, 2.24) is 9.21 Å². The summed E-state index contributed by atoms with van der Waals surface area (Å²) in [5.74, 6) is 0. The van der Waals surface area contributed by atoms with Crippen LogP contribution in [0.2, 0.25) is 5.02 Å². The summed E-state index contributed by atoms with van der Waals surface area (Å²) >= 11 is 5.85. The van der Waals surface area contributed by atoms with Crippen molar-refractivity contribution in [3.63, 3.8) is 0 Å². The number of nitrogens with zero attached hydrogens (tertiary/aromatic N) is 3. The van der Waals surface area contributed by atoms with Crippen LogP contribution in [0.4, 0.5) is 0 Å². The summed E-state index contributed by atoms with van der Waals surface area (Å²) in [7, 11) is -3.50. The molecule has 1 heterocycles. The Morgan fingerprint density at radius 1 is 1.30 bits per heavy atom. The molecule has 0 radical (unpaired) electrons. The topological polar surface area (TPSA) is 64.4 Å². The van der Waals surface area contributed by atoms with Crippen LogP contribution in [0, 0.1) is 11.3 Å². The van der Waals surface area contributed by atoms with Crippen LogP contribution in [0.15, 0.2) is 29.2 Å². The van der Waals surface area contributed by atoms with Crippen molar-refractivity contribution in [2.24, 2.45) is 0 Å². The second kappa shape index (κ2) is 6.10. The molecule has 20 heavy (non-hydrogen) atoms. The van der Waals surface area contributed by atoms with E-state index in [-0.39, 0.29) is 10.9 Å². The molecule has 1 aromatic rings. The standard InChI is InChI=1S/C13H16ClN3O2S/c1-11(10-15)16-5-7-17(8-6-16)20(18,19)13-4-2-3-12(14)9-13/h2-4,9,11H,5-8H2,1H3. The summed E-state index contributed by atoms with van der Waals surface area (Å²) in [5, 5.41) is 9.29. The van der Waals surface area contributed by atoms with Crippen molar-refractivity contribution in [2.45, 2.75) is 17.9 Å². The third-order valence-corrected chi connectivity index (χ3v) is 5.57. The van der Waals surface area contributed by atoms with Crippen molar-refractivity contribution < 1.29 is 8.42 Å². The molecular formula is C13H16ClN3O2S. The molecule has 5 nitrogen and oxygen atoms in total.